The van der Waals surface area contributed by atoms with E-state index in [1.165, 1.54) is 7.22 Å². The molecule has 2 aromatic carbocycles. The molecule has 79 valence electrons. The molecule has 0 aliphatic rings. The standard InChI is InChI=1S/C12H10Te.2HI/c1-3-7-11(8-4-1)13-12-9-5-2-6-10-12;;/h1-10H;2*1H/q+1;;. The number of benzene rings is 2. The van der Waals surface area contributed by atoms with Crippen LogP contribution in [0.1, 0.15) is 0 Å². The van der Waals surface area contributed by atoms with E-state index in [2.05, 4.69) is 60.7 Å². The third-order valence-electron chi connectivity index (χ3n) is 1.72. The molecule has 3 heteroatoms. The summed E-state index contributed by atoms with van der Waals surface area (Å²) >= 11 is -0.153. The molecule has 2 rings (SSSR count). The monoisotopic (exact) mass is 540 g/mol. The van der Waals surface area contributed by atoms with Crippen LogP contribution in [-0.2, 0) is 0 Å². The Hall–Kier alpha value is 0.690. The van der Waals surface area contributed by atoms with Crippen molar-refractivity contribution < 1.29 is 0 Å². The fourth-order valence-corrected chi connectivity index (χ4v) is 3.56. The van der Waals surface area contributed by atoms with Crippen LogP contribution in [0.3, 0.4) is 0 Å². The molecule has 0 N–H and O–H groups in total. The van der Waals surface area contributed by atoms with Crippen LogP contribution < -0.4 is 7.22 Å². The molecule has 0 atom stereocenters. The van der Waals surface area contributed by atoms with Gasteiger partial charge in [0.25, 0.3) is 0 Å². The summed E-state index contributed by atoms with van der Waals surface area (Å²) in [6.45, 7) is 0. The van der Waals surface area contributed by atoms with Crippen molar-refractivity contribution in [2.45, 2.75) is 0 Å². The number of hydrogen-bond acceptors (Lipinski definition) is 0. The average Bonchev–Trinajstić information content (AvgIpc) is 2.21. The molecule has 0 unspecified atom stereocenters. The van der Waals surface area contributed by atoms with Gasteiger partial charge in [-0.1, -0.05) is 0 Å². The molecule has 0 amide bonds. The fraction of sp³-hybridized carbons (Fsp3) is 0. The van der Waals surface area contributed by atoms with E-state index in [0.29, 0.717) is 0 Å². The summed E-state index contributed by atoms with van der Waals surface area (Å²) in [5.41, 5.74) is 0. The molecule has 0 nitrogen and oxygen atoms in total. The Morgan fingerprint density at radius 2 is 0.867 bits per heavy atom. The molecular weight excluding hydrogens is 526 g/mol. The van der Waals surface area contributed by atoms with Crippen LogP contribution in [0.4, 0.5) is 0 Å². The van der Waals surface area contributed by atoms with Crippen molar-refractivity contribution in [3.63, 3.8) is 0 Å². The zero-order valence-electron chi connectivity index (χ0n) is 8.00. The molecule has 0 bridgehead atoms. The van der Waals surface area contributed by atoms with Gasteiger partial charge in [0.1, 0.15) is 0 Å². The first kappa shape index (κ1) is 15.7. The number of hydrogen-bond donors (Lipinski definition) is 0. The second-order valence-corrected chi connectivity index (χ2v) is 6.00. The quantitative estimate of drug-likeness (QED) is 0.408. The molecule has 0 saturated carbocycles. The Morgan fingerprint density at radius 3 is 1.20 bits per heavy atom. The van der Waals surface area contributed by atoms with Crippen LogP contribution >= 0.6 is 48.0 Å². The van der Waals surface area contributed by atoms with Gasteiger partial charge in [0, 0.05) is 0 Å². The Morgan fingerprint density at radius 1 is 0.533 bits per heavy atom. The first-order chi connectivity index (χ1) is 6.45. The normalized spacial score (nSPS) is 8.53. The van der Waals surface area contributed by atoms with E-state index in [-0.39, 0.29) is 68.9 Å². The summed E-state index contributed by atoms with van der Waals surface area (Å²) in [4.78, 5) is 0. The van der Waals surface area contributed by atoms with Crippen molar-refractivity contribution in [2.75, 3.05) is 0 Å². The molecule has 0 aromatic heterocycles. The van der Waals surface area contributed by atoms with Crippen molar-refractivity contribution in [2.24, 2.45) is 0 Å². The molecule has 0 aliphatic carbocycles. The topological polar surface area (TPSA) is 0 Å². The van der Waals surface area contributed by atoms with Crippen molar-refractivity contribution in [3.05, 3.63) is 60.7 Å². The van der Waals surface area contributed by atoms with Gasteiger partial charge in [-0.2, -0.15) is 0 Å². The van der Waals surface area contributed by atoms with Crippen LogP contribution in [0.15, 0.2) is 60.7 Å². The molecule has 0 spiro atoms. The molecule has 1 radical (unpaired) electrons. The predicted molar refractivity (Wildman–Crippen MR) is 88.7 cm³/mol. The van der Waals surface area contributed by atoms with E-state index in [1.54, 1.807) is 0 Å². The van der Waals surface area contributed by atoms with Gasteiger partial charge in [-0.25, -0.2) is 0 Å². The van der Waals surface area contributed by atoms with Gasteiger partial charge in [0.05, 0.1) is 0 Å². The Balaban J connectivity index is 0.000000980. The average molecular weight is 538 g/mol. The molecule has 0 saturated heterocycles. The summed E-state index contributed by atoms with van der Waals surface area (Å²) in [6.07, 6.45) is 0. The van der Waals surface area contributed by atoms with Gasteiger partial charge in [0.15, 0.2) is 0 Å². The van der Waals surface area contributed by atoms with Gasteiger partial charge < -0.3 is 0 Å². The van der Waals surface area contributed by atoms with Gasteiger partial charge in [0.2, 0.25) is 0 Å². The van der Waals surface area contributed by atoms with E-state index >= 15 is 0 Å². The molecule has 0 heterocycles. The number of halogens is 2. The van der Waals surface area contributed by atoms with Gasteiger partial charge in [-0.3, -0.25) is 0 Å². The van der Waals surface area contributed by atoms with E-state index in [4.69, 9.17) is 0 Å². The SMILES string of the molecule is I.I.c1ccc([Te+]c2ccccc2)cc1. The summed E-state index contributed by atoms with van der Waals surface area (Å²) in [7, 11) is 0. The Bertz CT molecular complexity index is 324. The van der Waals surface area contributed by atoms with E-state index < -0.39 is 0 Å². The molecular formula is C12H12I2Te+. The first-order valence-corrected chi connectivity index (χ1v) is 6.56. The third kappa shape index (κ3) is 5.53. The van der Waals surface area contributed by atoms with Crippen LogP contribution in [-0.4, -0.2) is 20.9 Å². The van der Waals surface area contributed by atoms with Crippen LogP contribution in [0, 0.1) is 0 Å². The van der Waals surface area contributed by atoms with Gasteiger partial charge in [-0.05, 0) is 0 Å². The summed E-state index contributed by atoms with van der Waals surface area (Å²) in [5, 5.41) is 0. The molecule has 2 aromatic rings. The van der Waals surface area contributed by atoms with Crippen molar-refractivity contribution in [3.8, 4) is 0 Å². The third-order valence-corrected chi connectivity index (χ3v) is 4.62. The van der Waals surface area contributed by atoms with E-state index in [9.17, 15) is 0 Å². The molecule has 0 fully saturated rings. The summed E-state index contributed by atoms with van der Waals surface area (Å²) in [5.74, 6) is 0. The molecule has 0 aliphatic heterocycles. The maximum absolute atomic E-state index is 2.22. The van der Waals surface area contributed by atoms with Crippen LogP contribution in [0.2, 0.25) is 0 Å². The van der Waals surface area contributed by atoms with Crippen molar-refractivity contribution >= 4 is 76.1 Å². The minimum atomic E-state index is -0.153. The second-order valence-electron chi connectivity index (χ2n) is 2.73. The minimum absolute atomic E-state index is 0. The fourth-order valence-electron chi connectivity index (χ4n) is 1.11. The Labute approximate surface area is 135 Å². The van der Waals surface area contributed by atoms with Gasteiger partial charge >= 0.3 is 88.8 Å². The Kier molecular flexibility index (Phi) is 9.20. The van der Waals surface area contributed by atoms with E-state index in [0.717, 1.165) is 0 Å². The molecule has 15 heavy (non-hydrogen) atoms. The second kappa shape index (κ2) is 8.80. The maximum atomic E-state index is 2.22. The van der Waals surface area contributed by atoms with Crippen molar-refractivity contribution in [1.29, 1.82) is 0 Å². The van der Waals surface area contributed by atoms with E-state index in [1.807, 2.05) is 0 Å². The van der Waals surface area contributed by atoms with Crippen LogP contribution in [0.25, 0.3) is 0 Å². The zero-order valence-corrected chi connectivity index (χ0v) is 15.0. The van der Waals surface area contributed by atoms with Gasteiger partial charge in [-0.15, -0.1) is 48.0 Å². The predicted octanol–water partition coefficient (Wildman–Crippen LogP) is 2.58. The van der Waals surface area contributed by atoms with Crippen LogP contribution in [0.5, 0.6) is 0 Å². The summed E-state index contributed by atoms with van der Waals surface area (Å²) in [6, 6.07) is 21.5. The number of rotatable bonds is 2. The first-order valence-electron chi connectivity index (χ1n) is 4.23. The zero-order chi connectivity index (χ0) is 8.93. The van der Waals surface area contributed by atoms with Crippen molar-refractivity contribution in [1.82, 2.24) is 0 Å². The summed E-state index contributed by atoms with van der Waals surface area (Å²) < 4.78 is 3.00.